The van der Waals surface area contributed by atoms with E-state index < -0.39 is 4.83 Å². The maximum atomic E-state index is 12.1. The second kappa shape index (κ2) is 4.06. The summed E-state index contributed by atoms with van der Waals surface area (Å²) in [5, 5.41) is 0. The van der Waals surface area contributed by atoms with Gasteiger partial charge in [-0.2, -0.15) is 8.78 Å². The van der Waals surface area contributed by atoms with Gasteiger partial charge in [-0.1, -0.05) is 18.9 Å². The number of alkyl halides is 3. The van der Waals surface area contributed by atoms with Crippen molar-refractivity contribution in [3.63, 3.8) is 0 Å². The zero-order valence-electron chi connectivity index (χ0n) is 6.13. The van der Waals surface area contributed by atoms with Gasteiger partial charge < -0.3 is 0 Å². The van der Waals surface area contributed by atoms with E-state index in [0.29, 0.717) is 0 Å². The van der Waals surface area contributed by atoms with Crippen LogP contribution in [-0.4, -0.2) is 4.83 Å². The van der Waals surface area contributed by atoms with Crippen molar-refractivity contribution in [2.45, 2.75) is 31.5 Å². The highest BCUT2D eigenvalue weighted by Gasteiger charge is 2.19. The van der Waals surface area contributed by atoms with Crippen LogP contribution in [0.5, 0.6) is 0 Å². The van der Waals surface area contributed by atoms with Gasteiger partial charge in [0.15, 0.2) is 0 Å². The predicted octanol–water partition coefficient (Wildman–Crippen LogP) is 3.72. The molecule has 0 aromatic carbocycles. The first-order valence-corrected chi connectivity index (χ1v) is 4.00. The van der Waals surface area contributed by atoms with E-state index in [1.54, 1.807) is 6.92 Å². The maximum Gasteiger partial charge on any atom is 0.320 e. The highest BCUT2D eigenvalue weighted by atomic mass is 79.9. The Labute approximate surface area is 68.4 Å². The van der Waals surface area contributed by atoms with E-state index in [0.717, 1.165) is 24.5 Å². The fourth-order valence-corrected chi connectivity index (χ4v) is 1.14. The van der Waals surface area contributed by atoms with Crippen molar-refractivity contribution >= 4 is 15.9 Å². The molecule has 0 rings (SSSR count). The molecule has 0 saturated heterocycles. The molecule has 0 aliphatic rings. The number of allylic oxidation sites excluding steroid dienone is 2. The van der Waals surface area contributed by atoms with Crippen LogP contribution >= 0.6 is 15.9 Å². The standard InChI is InChI=1S/C7H11BrF2/c1-3-4-6(2)5-7(8,9)10/h5H,3-4H2,1-2H3. The Bertz CT molecular complexity index is 124. The molecule has 0 N–H and O–H groups in total. The Morgan fingerprint density at radius 3 is 2.40 bits per heavy atom. The largest absolute Gasteiger partial charge is 0.320 e. The summed E-state index contributed by atoms with van der Waals surface area (Å²) in [6, 6.07) is 0. The summed E-state index contributed by atoms with van der Waals surface area (Å²) in [6.45, 7) is 3.67. The van der Waals surface area contributed by atoms with Gasteiger partial charge in [-0.15, -0.1) is 0 Å². The summed E-state index contributed by atoms with van der Waals surface area (Å²) in [4.78, 5) is -2.83. The van der Waals surface area contributed by atoms with Crippen molar-refractivity contribution in [2.75, 3.05) is 0 Å². The molecule has 0 unspecified atom stereocenters. The molecule has 10 heavy (non-hydrogen) atoms. The molecule has 0 spiro atoms. The van der Waals surface area contributed by atoms with Crippen molar-refractivity contribution in [1.29, 1.82) is 0 Å². The van der Waals surface area contributed by atoms with Crippen molar-refractivity contribution in [3.8, 4) is 0 Å². The molecule has 0 aromatic heterocycles. The molecule has 3 heteroatoms. The Kier molecular flexibility index (Phi) is 4.09. The van der Waals surface area contributed by atoms with Crippen LogP contribution in [0.3, 0.4) is 0 Å². The first-order chi connectivity index (χ1) is 4.45. The molecule has 0 heterocycles. The van der Waals surface area contributed by atoms with Crippen molar-refractivity contribution in [2.24, 2.45) is 0 Å². The van der Waals surface area contributed by atoms with E-state index in [1.165, 1.54) is 0 Å². The first-order valence-electron chi connectivity index (χ1n) is 3.20. The molecule has 0 aromatic rings. The number of rotatable bonds is 3. The lowest BCUT2D eigenvalue weighted by molar-refractivity contribution is 0.170. The van der Waals surface area contributed by atoms with Gasteiger partial charge in [-0.05, 0) is 35.4 Å². The zero-order valence-corrected chi connectivity index (χ0v) is 7.71. The van der Waals surface area contributed by atoms with Crippen molar-refractivity contribution in [1.82, 2.24) is 0 Å². The van der Waals surface area contributed by atoms with E-state index in [4.69, 9.17) is 0 Å². The molecule has 0 aliphatic carbocycles. The predicted molar refractivity (Wildman–Crippen MR) is 42.5 cm³/mol. The van der Waals surface area contributed by atoms with Gasteiger partial charge in [0.2, 0.25) is 0 Å². The minimum atomic E-state index is -2.83. The van der Waals surface area contributed by atoms with E-state index in [-0.39, 0.29) is 0 Å². The van der Waals surface area contributed by atoms with Crippen LogP contribution in [0.2, 0.25) is 0 Å². The zero-order chi connectivity index (χ0) is 8.20. The molecule has 0 atom stereocenters. The van der Waals surface area contributed by atoms with Gasteiger partial charge >= 0.3 is 4.83 Å². The minimum absolute atomic E-state index is 0.726. The van der Waals surface area contributed by atoms with Gasteiger partial charge in [0.1, 0.15) is 0 Å². The van der Waals surface area contributed by atoms with Gasteiger partial charge in [-0.3, -0.25) is 0 Å². The molecule has 0 radical (unpaired) electrons. The summed E-state index contributed by atoms with van der Waals surface area (Å²) < 4.78 is 24.3. The van der Waals surface area contributed by atoms with Crippen LogP contribution in [-0.2, 0) is 0 Å². The van der Waals surface area contributed by atoms with E-state index >= 15 is 0 Å². The Morgan fingerprint density at radius 2 is 2.10 bits per heavy atom. The fraction of sp³-hybridized carbons (Fsp3) is 0.714. The SMILES string of the molecule is CCCC(C)=CC(F)(F)Br. The van der Waals surface area contributed by atoms with Crippen LogP contribution in [0.1, 0.15) is 26.7 Å². The second-order valence-corrected chi connectivity index (χ2v) is 3.34. The lowest BCUT2D eigenvalue weighted by Gasteiger charge is -2.03. The molecule has 0 fully saturated rings. The molecule has 60 valence electrons. The average Bonchev–Trinajstić information content (AvgIpc) is 1.59. The number of halogens is 3. The Balaban J connectivity index is 3.90. The summed E-state index contributed by atoms with van der Waals surface area (Å²) in [6.07, 6.45) is 2.59. The lowest BCUT2D eigenvalue weighted by Crippen LogP contribution is -1.99. The topological polar surface area (TPSA) is 0 Å². The third kappa shape index (κ3) is 6.20. The van der Waals surface area contributed by atoms with Crippen LogP contribution < -0.4 is 0 Å². The van der Waals surface area contributed by atoms with E-state index in [2.05, 4.69) is 15.9 Å². The lowest BCUT2D eigenvalue weighted by atomic mass is 10.2. The number of hydrogen-bond donors (Lipinski definition) is 0. The molecule has 0 saturated carbocycles. The minimum Gasteiger partial charge on any atom is -0.189 e. The Morgan fingerprint density at radius 1 is 1.60 bits per heavy atom. The van der Waals surface area contributed by atoms with Crippen molar-refractivity contribution < 1.29 is 8.78 Å². The molecule has 0 nitrogen and oxygen atoms in total. The Hall–Kier alpha value is 0.0800. The number of hydrogen-bond acceptors (Lipinski definition) is 0. The fourth-order valence-electron chi connectivity index (χ4n) is 0.746. The highest BCUT2D eigenvalue weighted by molar-refractivity contribution is 9.10. The molecular weight excluding hydrogens is 202 g/mol. The van der Waals surface area contributed by atoms with Gasteiger partial charge in [-0.25, -0.2) is 0 Å². The third-order valence-corrected chi connectivity index (χ3v) is 1.28. The average molecular weight is 213 g/mol. The molecule has 0 bridgehead atoms. The third-order valence-electron chi connectivity index (χ3n) is 1.05. The summed E-state index contributed by atoms with van der Waals surface area (Å²) in [5.74, 6) is 0. The van der Waals surface area contributed by atoms with Crippen LogP contribution in [0.25, 0.3) is 0 Å². The van der Waals surface area contributed by atoms with Crippen LogP contribution in [0.15, 0.2) is 11.6 Å². The molecular formula is C7H11BrF2. The normalized spacial score (nSPS) is 13.9. The molecule has 0 amide bonds. The summed E-state index contributed by atoms with van der Waals surface area (Å²) >= 11 is 2.24. The first kappa shape index (κ1) is 10.1. The quantitative estimate of drug-likeness (QED) is 0.495. The van der Waals surface area contributed by atoms with E-state index in [9.17, 15) is 8.78 Å². The van der Waals surface area contributed by atoms with Crippen LogP contribution in [0.4, 0.5) is 8.78 Å². The molecule has 0 aliphatic heterocycles. The summed E-state index contributed by atoms with van der Waals surface area (Å²) in [7, 11) is 0. The highest BCUT2D eigenvalue weighted by Crippen LogP contribution is 2.25. The van der Waals surface area contributed by atoms with Gasteiger partial charge in [0.05, 0.1) is 0 Å². The van der Waals surface area contributed by atoms with Crippen LogP contribution in [0, 0.1) is 0 Å². The maximum absolute atomic E-state index is 12.1. The van der Waals surface area contributed by atoms with Crippen molar-refractivity contribution in [3.05, 3.63) is 11.6 Å². The van der Waals surface area contributed by atoms with Gasteiger partial charge in [0, 0.05) is 0 Å². The monoisotopic (exact) mass is 212 g/mol. The van der Waals surface area contributed by atoms with E-state index in [1.807, 2.05) is 6.92 Å². The smallest absolute Gasteiger partial charge is 0.189 e. The second-order valence-electron chi connectivity index (χ2n) is 2.28. The summed E-state index contributed by atoms with van der Waals surface area (Å²) in [5.41, 5.74) is 0.726. The van der Waals surface area contributed by atoms with Gasteiger partial charge in [0.25, 0.3) is 0 Å².